The van der Waals surface area contributed by atoms with Gasteiger partial charge in [-0.3, -0.25) is 9.69 Å². The summed E-state index contributed by atoms with van der Waals surface area (Å²) in [6.07, 6.45) is 4.46. The number of hydrogen-bond donors (Lipinski definition) is 3. The van der Waals surface area contributed by atoms with Crippen LogP contribution in [-0.4, -0.2) is 46.0 Å². The van der Waals surface area contributed by atoms with Gasteiger partial charge in [0.25, 0.3) is 5.91 Å². The Bertz CT molecular complexity index is 1020. The molecule has 1 saturated heterocycles. The molecular weight excluding hydrogens is 366 g/mol. The van der Waals surface area contributed by atoms with Crippen LogP contribution in [0.4, 0.5) is 0 Å². The molecule has 2 heterocycles. The summed E-state index contributed by atoms with van der Waals surface area (Å²) in [7, 11) is 0. The highest BCUT2D eigenvalue weighted by atomic mass is 16.4. The van der Waals surface area contributed by atoms with Crippen LogP contribution in [0.15, 0.2) is 54.7 Å². The molecule has 0 radical (unpaired) electrons. The summed E-state index contributed by atoms with van der Waals surface area (Å²) in [5.41, 5.74) is 3.39. The molecule has 0 spiro atoms. The quantitative estimate of drug-likeness (QED) is 0.577. The van der Waals surface area contributed by atoms with Crippen molar-refractivity contribution in [2.75, 3.05) is 13.1 Å². The van der Waals surface area contributed by atoms with Crippen molar-refractivity contribution in [3.8, 4) is 0 Å². The van der Waals surface area contributed by atoms with Gasteiger partial charge < -0.3 is 15.4 Å². The number of likely N-dealkylation sites (tertiary alicyclic amines) is 1. The van der Waals surface area contributed by atoms with Crippen LogP contribution in [0.3, 0.4) is 0 Å². The zero-order valence-corrected chi connectivity index (χ0v) is 16.2. The van der Waals surface area contributed by atoms with E-state index >= 15 is 0 Å². The molecule has 6 nitrogen and oxygen atoms in total. The number of aliphatic carboxylic acids is 1. The van der Waals surface area contributed by atoms with Gasteiger partial charge in [-0.05, 0) is 55.3 Å². The van der Waals surface area contributed by atoms with Gasteiger partial charge in [-0.25, -0.2) is 4.79 Å². The summed E-state index contributed by atoms with van der Waals surface area (Å²) in [6, 6.07) is 14.2. The lowest BCUT2D eigenvalue weighted by Crippen LogP contribution is -2.42. The molecule has 29 heavy (non-hydrogen) atoms. The van der Waals surface area contributed by atoms with Gasteiger partial charge >= 0.3 is 5.97 Å². The molecule has 1 aromatic heterocycles. The number of nitrogens with one attached hydrogen (secondary N) is 2. The van der Waals surface area contributed by atoms with Crippen molar-refractivity contribution in [3.05, 3.63) is 71.4 Å². The van der Waals surface area contributed by atoms with Crippen molar-refractivity contribution < 1.29 is 14.7 Å². The van der Waals surface area contributed by atoms with Crippen LogP contribution in [0.25, 0.3) is 10.9 Å². The topological polar surface area (TPSA) is 85.4 Å². The Hall–Kier alpha value is -3.12. The minimum absolute atomic E-state index is 0.221. The second-order valence-electron chi connectivity index (χ2n) is 7.61. The number of carbonyl (C=O) groups excluding carboxylic acids is 1. The van der Waals surface area contributed by atoms with Crippen molar-refractivity contribution >= 4 is 22.8 Å². The predicted molar refractivity (Wildman–Crippen MR) is 112 cm³/mol. The van der Waals surface area contributed by atoms with E-state index in [0.29, 0.717) is 5.56 Å². The first-order valence-electron chi connectivity index (χ1n) is 10.00. The number of benzene rings is 2. The molecule has 1 aliphatic rings. The van der Waals surface area contributed by atoms with E-state index in [-0.39, 0.29) is 12.3 Å². The molecule has 1 atom stereocenters. The average molecular weight is 391 g/mol. The van der Waals surface area contributed by atoms with Gasteiger partial charge in [-0.1, -0.05) is 30.3 Å². The smallest absolute Gasteiger partial charge is 0.326 e. The third-order valence-corrected chi connectivity index (χ3v) is 5.50. The van der Waals surface area contributed by atoms with E-state index in [0.717, 1.165) is 41.7 Å². The second kappa shape index (κ2) is 8.49. The third-order valence-electron chi connectivity index (χ3n) is 5.50. The number of H-pyrrole nitrogens is 1. The normalized spacial score (nSPS) is 15.4. The number of hydrogen-bond acceptors (Lipinski definition) is 3. The number of aromatic nitrogens is 1. The number of fused-ring (bicyclic) bond motifs is 1. The van der Waals surface area contributed by atoms with Gasteiger partial charge in [-0.15, -0.1) is 0 Å². The monoisotopic (exact) mass is 391 g/mol. The van der Waals surface area contributed by atoms with E-state index in [1.807, 2.05) is 48.7 Å². The first-order valence-corrected chi connectivity index (χ1v) is 10.00. The zero-order valence-electron chi connectivity index (χ0n) is 16.2. The predicted octanol–water partition coefficient (Wildman–Crippen LogP) is 3.19. The van der Waals surface area contributed by atoms with Crippen molar-refractivity contribution in [2.45, 2.75) is 31.8 Å². The SMILES string of the molecule is O=C(NC(Cc1c[nH]c2ccccc12)C(=O)O)c1cccc(CN2CCCC2)c1. The largest absolute Gasteiger partial charge is 0.480 e. The highest BCUT2D eigenvalue weighted by molar-refractivity contribution is 5.97. The van der Waals surface area contributed by atoms with Crippen LogP contribution < -0.4 is 5.32 Å². The van der Waals surface area contributed by atoms with Crippen molar-refractivity contribution in [1.82, 2.24) is 15.2 Å². The number of carboxylic acid groups (broad SMARTS) is 1. The molecule has 0 aliphatic carbocycles. The third kappa shape index (κ3) is 4.49. The number of aromatic amines is 1. The number of para-hydroxylation sites is 1. The van der Waals surface area contributed by atoms with Gasteiger partial charge in [-0.2, -0.15) is 0 Å². The molecule has 0 bridgehead atoms. The Kier molecular flexibility index (Phi) is 5.62. The summed E-state index contributed by atoms with van der Waals surface area (Å²) in [4.78, 5) is 30.1. The Morgan fingerprint density at radius 2 is 1.90 bits per heavy atom. The van der Waals surface area contributed by atoms with Gasteiger partial charge in [0.05, 0.1) is 0 Å². The molecule has 1 aliphatic heterocycles. The summed E-state index contributed by atoms with van der Waals surface area (Å²) in [5, 5.41) is 13.3. The summed E-state index contributed by atoms with van der Waals surface area (Å²) >= 11 is 0. The highest BCUT2D eigenvalue weighted by Gasteiger charge is 2.23. The van der Waals surface area contributed by atoms with E-state index in [2.05, 4.69) is 15.2 Å². The summed E-state index contributed by atoms with van der Waals surface area (Å²) in [6.45, 7) is 2.99. The maximum Gasteiger partial charge on any atom is 0.326 e. The number of rotatable bonds is 7. The minimum Gasteiger partial charge on any atom is -0.480 e. The molecule has 4 rings (SSSR count). The van der Waals surface area contributed by atoms with Gasteiger partial charge in [0, 0.05) is 35.6 Å². The van der Waals surface area contributed by atoms with E-state index in [4.69, 9.17) is 0 Å². The fourth-order valence-corrected chi connectivity index (χ4v) is 3.97. The Balaban J connectivity index is 1.47. The zero-order chi connectivity index (χ0) is 20.2. The number of amides is 1. The van der Waals surface area contributed by atoms with Crippen molar-refractivity contribution in [2.24, 2.45) is 0 Å². The lowest BCUT2D eigenvalue weighted by molar-refractivity contribution is -0.139. The lowest BCUT2D eigenvalue weighted by atomic mass is 10.0. The van der Waals surface area contributed by atoms with Crippen molar-refractivity contribution in [1.29, 1.82) is 0 Å². The molecule has 1 unspecified atom stereocenters. The second-order valence-corrected chi connectivity index (χ2v) is 7.61. The fraction of sp³-hybridized carbons (Fsp3) is 0.304. The first-order chi connectivity index (χ1) is 14.1. The Morgan fingerprint density at radius 1 is 1.10 bits per heavy atom. The maximum absolute atomic E-state index is 12.7. The molecule has 150 valence electrons. The maximum atomic E-state index is 12.7. The molecule has 0 saturated carbocycles. The van der Waals surface area contributed by atoms with E-state index in [1.165, 1.54) is 12.8 Å². The lowest BCUT2D eigenvalue weighted by Gasteiger charge is -2.16. The molecular formula is C23H25N3O3. The standard InChI is InChI=1S/C23H25N3O3/c27-22(17-7-5-6-16(12-17)15-26-10-3-4-11-26)25-21(23(28)29)13-18-14-24-20-9-2-1-8-19(18)20/h1-2,5-9,12,14,21,24H,3-4,10-11,13,15H2,(H,25,27)(H,28,29). The highest BCUT2D eigenvalue weighted by Crippen LogP contribution is 2.19. The summed E-state index contributed by atoms with van der Waals surface area (Å²) in [5.74, 6) is -1.41. The molecule has 6 heteroatoms. The Morgan fingerprint density at radius 3 is 2.69 bits per heavy atom. The van der Waals surface area contributed by atoms with Crippen LogP contribution in [0, 0.1) is 0 Å². The van der Waals surface area contributed by atoms with E-state index in [9.17, 15) is 14.7 Å². The number of carboxylic acids is 1. The van der Waals surface area contributed by atoms with E-state index < -0.39 is 12.0 Å². The Labute approximate surface area is 169 Å². The molecule has 1 amide bonds. The van der Waals surface area contributed by atoms with Crippen LogP contribution >= 0.6 is 0 Å². The number of nitrogens with zero attached hydrogens (tertiary/aromatic N) is 1. The molecule has 3 N–H and O–H groups in total. The number of carbonyl (C=O) groups is 2. The van der Waals surface area contributed by atoms with Gasteiger partial charge in [0.1, 0.15) is 6.04 Å². The first kappa shape index (κ1) is 19.2. The average Bonchev–Trinajstić information content (AvgIpc) is 3.38. The van der Waals surface area contributed by atoms with Gasteiger partial charge in [0.2, 0.25) is 0 Å². The molecule has 1 fully saturated rings. The van der Waals surface area contributed by atoms with Crippen LogP contribution in [0.2, 0.25) is 0 Å². The van der Waals surface area contributed by atoms with Crippen molar-refractivity contribution in [3.63, 3.8) is 0 Å². The van der Waals surface area contributed by atoms with Crippen LogP contribution in [0.1, 0.15) is 34.3 Å². The fourth-order valence-electron chi connectivity index (χ4n) is 3.97. The summed E-state index contributed by atoms with van der Waals surface area (Å²) < 4.78 is 0. The molecule has 2 aromatic carbocycles. The van der Waals surface area contributed by atoms with Gasteiger partial charge in [0.15, 0.2) is 0 Å². The van der Waals surface area contributed by atoms with Crippen LogP contribution in [-0.2, 0) is 17.8 Å². The van der Waals surface area contributed by atoms with Crippen LogP contribution in [0.5, 0.6) is 0 Å². The van der Waals surface area contributed by atoms with E-state index in [1.54, 1.807) is 6.07 Å². The molecule has 3 aromatic rings. The minimum atomic E-state index is -1.04.